The highest BCUT2D eigenvalue weighted by molar-refractivity contribution is 9.10. The minimum Gasteiger partial charge on any atom is -0.497 e. The van der Waals surface area contributed by atoms with Crippen molar-refractivity contribution in [3.63, 3.8) is 0 Å². The summed E-state index contributed by atoms with van der Waals surface area (Å²) in [7, 11) is 3.10. The van der Waals surface area contributed by atoms with Gasteiger partial charge in [-0.1, -0.05) is 22.9 Å². The first-order valence-corrected chi connectivity index (χ1v) is 9.39. The number of nitriles is 1. The van der Waals surface area contributed by atoms with Crippen molar-refractivity contribution in [3.05, 3.63) is 52.0 Å². The second-order valence-corrected chi connectivity index (χ2v) is 6.58. The van der Waals surface area contributed by atoms with Crippen molar-refractivity contribution < 1.29 is 19.0 Å². The van der Waals surface area contributed by atoms with Crippen LogP contribution in [0.4, 0.5) is 5.69 Å². The Kier molecular flexibility index (Phi) is 7.90. The number of hydrogen-bond donors (Lipinski definition) is 1. The maximum absolute atomic E-state index is 12.5. The zero-order valence-corrected chi connectivity index (χ0v) is 17.5. The summed E-state index contributed by atoms with van der Waals surface area (Å²) >= 11 is 3.46. The largest absolute Gasteiger partial charge is 0.497 e. The molecule has 0 radical (unpaired) electrons. The van der Waals surface area contributed by atoms with Gasteiger partial charge in [0.15, 0.2) is 11.5 Å². The first-order chi connectivity index (χ1) is 13.5. The lowest BCUT2D eigenvalue weighted by Gasteiger charge is -2.12. The molecule has 0 aliphatic rings. The summed E-state index contributed by atoms with van der Waals surface area (Å²) < 4.78 is 16.8. The molecule has 0 aliphatic carbocycles. The summed E-state index contributed by atoms with van der Waals surface area (Å²) in [4.78, 5) is 12.5. The SMILES string of the molecule is CCCOc1cc(Br)c(/C=C(\C#N)C(=O)Nc2ccc(OC)cc2)cc1OC. The Morgan fingerprint density at radius 1 is 1.18 bits per heavy atom. The summed E-state index contributed by atoms with van der Waals surface area (Å²) in [5.41, 5.74) is 1.15. The quantitative estimate of drug-likeness (QED) is 0.467. The van der Waals surface area contributed by atoms with E-state index in [2.05, 4.69) is 21.2 Å². The number of carbonyl (C=O) groups is 1. The Morgan fingerprint density at radius 2 is 1.89 bits per heavy atom. The number of halogens is 1. The van der Waals surface area contributed by atoms with Gasteiger partial charge in [0.05, 0.1) is 20.8 Å². The lowest BCUT2D eigenvalue weighted by Crippen LogP contribution is -2.13. The van der Waals surface area contributed by atoms with E-state index in [9.17, 15) is 10.1 Å². The van der Waals surface area contributed by atoms with Gasteiger partial charge in [-0.05, 0) is 54.5 Å². The number of methoxy groups -OCH3 is 2. The van der Waals surface area contributed by atoms with Gasteiger partial charge in [0, 0.05) is 10.2 Å². The van der Waals surface area contributed by atoms with Crippen molar-refractivity contribution in [1.29, 1.82) is 5.26 Å². The lowest BCUT2D eigenvalue weighted by molar-refractivity contribution is -0.112. The van der Waals surface area contributed by atoms with Crippen molar-refractivity contribution in [2.24, 2.45) is 0 Å². The van der Waals surface area contributed by atoms with Gasteiger partial charge < -0.3 is 19.5 Å². The lowest BCUT2D eigenvalue weighted by atomic mass is 10.1. The van der Waals surface area contributed by atoms with Crippen LogP contribution in [0.15, 0.2) is 46.4 Å². The van der Waals surface area contributed by atoms with Gasteiger partial charge in [0.25, 0.3) is 5.91 Å². The van der Waals surface area contributed by atoms with Crippen molar-refractivity contribution in [2.45, 2.75) is 13.3 Å². The molecule has 2 aromatic rings. The summed E-state index contributed by atoms with van der Waals surface area (Å²) in [5, 5.41) is 12.1. The molecular weight excluding hydrogens is 424 g/mol. The van der Waals surface area contributed by atoms with Crippen molar-refractivity contribution >= 4 is 33.6 Å². The third-order valence-corrected chi connectivity index (χ3v) is 4.44. The van der Waals surface area contributed by atoms with Gasteiger partial charge in [-0.2, -0.15) is 5.26 Å². The van der Waals surface area contributed by atoms with E-state index in [-0.39, 0.29) is 5.57 Å². The molecular formula is C21H21BrN2O4. The normalized spacial score (nSPS) is 10.8. The average molecular weight is 445 g/mol. The number of amides is 1. The predicted molar refractivity (Wildman–Crippen MR) is 112 cm³/mol. The molecule has 146 valence electrons. The number of anilines is 1. The van der Waals surface area contributed by atoms with Crippen LogP contribution < -0.4 is 19.5 Å². The Morgan fingerprint density at radius 3 is 2.46 bits per heavy atom. The van der Waals surface area contributed by atoms with Crippen LogP contribution in [0.2, 0.25) is 0 Å². The van der Waals surface area contributed by atoms with Crippen molar-refractivity contribution in [2.75, 3.05) is 26.1 Å². The highest BCUT2D eigenvalue weighted by Gasteiger charge is 2.14. The molecule has 2 aromatic carbocycles. The second-order valence-electron chi connectivity index (χ2n) is 5.73. The molecule has 0 unspecified atom stereocenters. The van der Waals surface area contributed by atoms with Gasteiger partial charge >= 0.3 is 0 Å². The number of nitrogens with zero attached hydrogens (tertiary/aromatic N) is 1. The highest BCUT2D eigenvalue weighted by atomic mass is 79.9. The minimum absolute atomic E-state index is 0.0409. The highest BCUT2D eigenvalue weighted by Crippen LogP contribution is 2.34. The molecule has 0 aromatic heterocycles. The third kappa shape index (κ3) is 5.51. The van der Waals surface area contributed by atoms with E-state index in [1.165, 1.54) is 13.2 Å². The molecule has 1 N–H and O–H groups in total. The molecule has 7 heteroatoms. The Hall–Kier alpha value is -2.98. The predicted octanol–water partition coefficient (Wildman–Crippen LogP) is 4.80. The Labute approximate surface area is 172 Å². The summed E-state index contributed by atoms with van der Waals surface area (Å²) in [5.74, 6) is 1.28. The maximum Gasteiger partial charge on any atom is 0.266 e. The van der Waals surface area contributed by atoms with E-state index in [1.807, 2.05) is 13.0 Å². The fraction of sp³-hybridized carbons (Fsp3) is 0.238. The van der Waals surface area contributed by atoms with E-state index in [0.29, 0.717) is 39.6 Å². The molecule has 28 heavy (non-hydrogen) atoms. The van der Waals surface area contributed by atoms with E-state index in [4.69, 9.17) is 14.2 Å². The van der Waals surface area contributed by atoms with E-state index in [0.717, 1.165) is 6.42 Å². The third-order valence-electron chi connectivity index (χ3n) is 3.76. The fourth-order valence-corrected chi connectivity index (χ4v) is 2.76. The first kappa shape index (κ1) is 21.3. The van der Waals surface area contributed by atoms with Gasteiger partial charge in [0.1, 0.15) is 17.4 Å². The molecule has 0 bridgehead atoms. The van der Waals surface area contributed by atoms with Crippen LogP contribution in [0.1, 0.15) is 18.9 Å². The molecule has 0 saturated heterocycles. The average Bonchev–Trinajstić information content (AvgIpc) is 2.71. The Bertz CT molecular complexity index is 902. The number of ether oxygens (including phenoxy) is 3. The summed E-state index contributed by atoms with van der Waals surface area (Å²) in [6, 6.07) is 12.3. The summed E-state index contributed by atoms with van der Waals surface area (Å²) in [6.07, 6.45) is 2.36. The van der Waals surface area contributed by atoms with Gasteiger partial charge in [0.2, 0.25) is 0 Å². The van der Waals surface area contributed by atoms with E-state index < -0.39 is 5.91 Å². The minimum atomic E-state index is -0.509. The smallest absolute Gasteiger partial charge is 0.266 e. The van der Waals surface area contributed by atoms with Crippen LogP contribution in [0, 0.1) is 11.3 Å². The monoisotopic (exact) mass is 444 g/mol. The van der Waals surface area contributed by atoms with Crippen molar-refractivity contribution in [1.82, 2.24) is 0 Å². The molecule has 0 fully saturated rings. The van der Waals surface area contributed by atoms with Crippen LogP contribution in [0.3, 0.4) is 0 Å². The van der Waals surface area contributed by atoms with Gasteiger partial charge in [-0.3, -0.25) is 4.79 Å². The summed E-state index contributed by atoms with van der Waals surface area (Å²) in [6.45, 7) is 2.57. The van der Waals surface area contributed by atoms with Gasteiger partial charge in [-0.15, -0.1) is 0 Å². The van der Waals surface area contributed by atoms with Gasteiger partial charge in [-0.25, -0.2) is 0 Å². The van der Waals surface area contributed by atoms with Crippen LogP contribution in [-0.4, -0.2) is 26.7 Å². The van der Waals surface area contributed by atoms with E-state index >= 15 is 0 Å². The van der Waals surface area contributed by atoms with Crippen LogP contribution >= 0.6 is 15.9 Å². The molecule has 0 aliphatic heterocycles. The van der Waals surface area contributed by atoms with E-state index in [1.54, 1.807) is 43.5 Å². The molecule has 2 rings (SSSR count). The van der Waals surface area contributed by atoms with Crippen molar-refractivity contribution in [3.8, 4) is 23.3 Å². The zero-order valence-electron chi connectivity index (χ0n) is 15.9. The Balaban J connectivity index is 2.27. The first-order valence-electron chi connectivity index (χ1n) is 8.59. The fourth-order valence-electron chi connectivity index (χ4n) is 2.32. The number of carbonyl (C=O) groups excluding carboxylic acids is 1. The molecule has 0 atom stereocenters. The molecule has 6 nitrogen and oxygen atoms in total. The number of hydrogen-bond acceptors (Lipinski definition) is 5. The van der Waals surface area contributed by atoms with Crippen LogP contribution in [-0.2, 0) is 4.79 Å². The molecule has 0 saturated carbocycles. The number of benzene rings is 2. The van der Waals surface area contributed by atoms with Crippen LogP contribution in [0.25, 0.3) is 6.08 Å². The second kappa shape index (κ2) is 10.4. The number of rotatable bonds is 8. The molecule has 0 heterocycles. The molecule has 0 spiro atoms. The maximum atomic E-state index is 12.5. The standard InChI is InChI=1S/C21H21BrN2O4/c1-4-9-28-20-12-18(22)14(11-19(20)27-3)10-15(13-23)21(25)24-16-5-7-17(26-2)8-6-16/h5-8,10-12H,4,9H2,1-3H3,(H,24,25)/b15-10+. The zero-order chi connectivity index (χ0) is 20.5. The van der Waals surface area contributed by atoms with Crippen LogP contribution in [0.5, 0.6) is 17.2 Å². The molecule has 1 amide bonds. The number of nitrogens with one attached hydrogen (secondary N) is 1. The topological polar surface area (TPSA) is 80.6 Å².